The SMILES string of the molecule is [2H]C([2H])([2H])Oc1cc2ncnc(Nc3ccc(F)c(Cl)c3)c2cc1CC(=O)/C=C/CN1C[C@@H]2OCCO[C@@H]2C1. The molecule has 10 heteroatoms. The molecule has 0 spiro atoms. The third-order valence-corrected chi connectivity index (χ3v) is 6.47. The van der Waals surface area contributed by atoms with Crippen LogP contribution in [0.1, 0.15) is 9.68 Å². The number of benzene rings is 2. The van der Waals surface area contributed by atoms with Crippen LogP contribution in [0, 0.1) is 5.82 Å². The lowest BCUT2D eigenvalue weighted by Crippen LogP contribution is -2.36. The van der Waals surface area contributed by atoms with Gasteiger partial charge in [0, 0.05) is 48.8 Å². The number of halogens is 2. The highest BCUT2D eigenvalue weighted by Crippen LogP contribution is 2.31. The lowest BCUT2D eigenvalue weighted by atomic mass is 10.0. The van der Waals surface area contributed by atoms with Crippen molar-refractivity contribution in [1.29, 1.82) is 0 Å². The lowest BCUT2D eigenvalue weighted by molar-refractivity contribution is -0.116. The second kappa shape index (κ2) is 10.9. The van der Waals surface area contributed by atoms with Gasteiger partial charge in [0.25, 0.3) is 0 Å². The monoisotopic (exact) mass is 515 g/mol. The molecule has 3 heterocycles. The van der Waals surface area contributed by atoms with Crippen LogP contribution in [-0.2, 0) is 20.7 Å². The molecule has 0 aliphatic carbocycles. The fourth-order valence-electron chi connectivity index (χ4n) is 4.44. The number of allylic oxidation sites excluding steroid dienone is 1. The molecule has 2 aliphatic rings. The maximum absolute atomic E-state index is 13.6. The van der Waals surface area contributed by atoms with Gasteiger partial charge in [-0.15, -0.1) is 0 Å². The molecule has 2 atom stereocenters. The zero-order valence-corrected chi connectivity index (χ0v) is 20.0. The van der Waals surface area contributed by atoms with E-state index in [1.54, 1.807) is 12.1 Å². The molecule has 5 rings (SSSR count). The van der Waals surface area contributed by atoms with Crippen molar-refractivity contribution in [1.82, 2.24) is 14.9 Å². The summed E-state index contributed by atoms with van der Waals surface area (Å²) in [6.45, 7) is 3.22. The number of aromatic nitrogens is 2. The standard InChI is InChI=1S/C26H26ClFN4O4/c1-34-23-12-22-19(26(30-15-29-22)31-17-4-5-21(28)20(27)11-17)10-16(23)9-18(33)3-2-6-32-13-24-25(14-32)36-8-7-35-24/h2-5,10-12,15,24-25H,6-9,13-14H2,1H3,(H,29,30,31)/b3-2+/t24-,25+/i1D3. The molecule has 0 saturated carbocycles. The zero-order valence-electron chi connectivity index (χ0n) is 22.2. The number of likely N-dealkylation sites (tertiary alicyclic amines) is 1. The van der Waals surface area contributed by atoms with E-state index in [1.807, 2.05) is 0 Å². The third kappa shape index (κ3) is 5.49. The zero-order chi connectivity index (χ0) is 27.6. The van der Waals surface area contributed by atoms with Crippen LogP contribution < -0.4 is 10.1 Å². The predicted octanol–water partition coefficient (Wildman–Crippen LogP) is 3.94. The summed E-state index contributed by atoms with van der Waals surface area (Å²) in [7, 11) is -2.73. The van der Waals surface area contributed by atoms with E-state index in [9.17, 15) is 9.18 Å². The van der Waals surface area contributed by atoms with E-state index >= 15 is 0 Å². The van der Waals surface area contributed by atoms with Crippen LogP contribution in [-0.4, -0.2) is 72.7 Å². The molecule has 0 bridgehead atoms. The molecular weight excluding hydrogens is 487 g/mol. The summed E-state index contributed by atoms with van der Waals surface area (Å²) in [6.07, 6.45) is 4.55. The van der Waals surface area contributed by atoms with Gasteiger partial charge in [-0.05, 0) is 30.3 Å². The minimum Gasteiger partial charge on any atom is -0.496 e. The minimum atomic E-state index is -2.73. The summed E-state index contributed by atoms with van der Waals surface area (Å²) >= 11 is 5.90. The van der Waals surface area contributed by atoms with E-state index in [0.29, 0.717) is 47.7 Å². The third-order valence-electron chi connectivity index (χ3n) is 6.18. The summed E-state index contributed by atoms with van der Waals surface area (Å²) in [5.41, 5.74) is 1.24. The van der Waals surface area contributed by atoms with Crippen molar-refractivity contribution in [2.45, 2.75) is 18.6 Å². The average Bonchev–Trinajstić information content (AvgIpc) is 3.29. The number of carbonyl (C=O) groups is 1. The first-order valence-corrected chi connectivity index (χ1v) is 11.9. The molecule has 36 heavy (non-hydrogen) atoms. The Kier molecular flexibility index (Phi) is 6.35. The maximum Gasteiger partial charge on any atom is 0.159 e. The Morgan fingerprint density at radius 2 is 2.08 bits per heavy atom. The number of carbonyl (C=O) groups excluding carboxylic acids is 1. The van der Waals surface area contributed by atoms with Crippen LogP contribution in [0.5, 0.6) is 5.75 Å². The number of ketones is 1. The molecular formula is C26H26ClFN4O4. The number of ether oxygens (including phenoxy) is 3. The van der Waals surface area contributed by atoms with Crippen LogP contribution in [0.2, 0.25) is 5.02 Å². The Labute approximate surface area is 217 Å². The number of hydrogen-bond donors (Lipinski definition) is 1. The molecule has 2 saturated heterocycles. The Bertz CT molecular complexity index is 1390. The molecule has 2 aliphatic heterocycles. The average molecular weight is 516 g/mol. The van der Waals surface area contributed by atoms with Crippen LogP contribution in [0.3, 0.4) is 0 Å². The summed E-state index contributed by atoms with van der Waals surface area (Å²) in [4.78, 5) is 23.5. The van der Waals surface area contributed by atoms with E-state index in [0.717, 1.165) is 13.1 Å². The van der Waals surface area contributed by atoms with Gasteiger partial charge in [-0.1, -0.05) is 17.7 Å². The Morgan fingerprint density at radius 3 is 2.83 bits per heavy atom. The number of rotatable bonds is 8. The highest BCUT2D eigenvalue weighted by atomic mass is 35.5. The first-order chi connectivity index (χ1) is 18.6. The van der Waals surface area contributed by atoms with Crippen LogP contribution in [0.15, 0.2) is 48.8 Å². The summed E-state index contributed by atoms with van der Waals surface area (Å²) in [5, 5.41) is 3.53. The van der Waals surface area contributed by atoms with Crippen molar-refractivity contribution in [2.75, 3.05) is 45.2 Å². The number of methoxy groups -OCH3 is 1. The van der Waals surface area contributed by atoms with Crippen molar-refractivity contribution in [3.63, 3.8) is 0 Å². The van der Waals surface area contributed by atoms with Gasteiger partial charge in [0.05, 0.1) is 47.1 Å². The van der Waals surface area contributed by atoms with Gasteiger partial charge in [0.1, 0.15) is 23.7 Å². The Morgan fingerprint density at radius 1 is 1.28 bits per heavy atom. The van der Waals surface area contributed by atoms with Crippen molar-refractivity contribution in [2.24, 2.45) is 0 Å². The molecule has 8 nitrogen and oxygen atoms in total. The summed E-state index contributed by atoms with van der Waals surface area (Å²) in [6, 6.07) is 7.23. The lowest BCUT2D eigenvalue weighted by Gasteiger charge is -2.24. The fourth-order valence-corrected chi connectivity index (χ4v) is 4.62. The number of hydrogen-bond acceptors (Lipinski definition) is 8. The van der Waals surface area contributed by atoms with Gasteiger partial charge in [-0.3, -0.25) is 9.69 Å². The van der Waals surface area contributed by atoms with E-state index in [4.69, 9.17) is 29.9 Å². The molecule has 0 radical (unpaired) electrons. The Balaban J connectivity index is 1.36. The van der Waals surface area contributed by atoms with Crippen molar-refractivity contribution >= 4 is 39.8 Å². The molecule has 1 aromatic heterocycles. The second-order valence-electron chi connectivity index (χ2n) is 8.64. The number of anilines is 2. The highest BCUT2D eigenvalue weighted by molar-refractivity contribution is 6.31. The summed E-state index contributed by atoms with van der Waals surface area (Å²) in [5.74, 6) is -0.394. The van der Waals surface area contributed by atoms with E-state index < -0.39 is 12.9 Å². The fraction of sp³-hybridized carbons (Fsp3) is 0.346. The van der Waals surface area contributed by atoms with Crippen LogP contribution in [0.4, 0.5) is 15.9 Å². The molecule has 1 N–H and O–H groups in total. The number of nitrogens with zero attached hydrogens (tertiary/aromatic N) is 3. The smallest absolute Gasteiger partial charge is 0.159 e. The molecule has 2 fully saturated rings. The molecule has 3 aromatic rings. The van der Waals surface area contributed by atoms with E-state index in [2.05, 4.69) is 20.2 Å². The van der Waals surface area contributed by atoms with Crippen molar-refractivity contribution in [3.05, 3.63) is 65.2 Å². The first-order valence-electron chi connectivity index (χ1n) is 13.0. The van der Waals surface area contributed by atoms with Gasteiger partial charge >= 0.3 is 0 Å². The van der Waals surface area contributed by atoms with Gasteiger partial charge < -0.3 is 19.5 Å². The van der Waals surface area contributed by atoms with Gasteiger partial charge in [-0.2, -0.15) is 0 Å². The molecule has 2 aromatic carbocycles. The molecule has 188 valence electrons. The van der Waals surface area contributed by atoms with Crippen molar-refractivity contribution in [3.8, 4) is 5.75 Å². The van der Waals surface area contributed by atoms with E-state index in [1.165, 1.54) is 36.7 Å². The molecule has 0 unspecified atom stereocenters. The van der Waals surface area contributed by atoms with E-state index in [-0.39, 0.29) is 35.2 Å². The number of fused-ring (bicyclic) bond motifs is 2. The topological polar surface area (TPSA) is 85.8 Å². The largest absolute Gasteiger partial charge is 0.496 e. The number of nitrogens with one attached hydrogen (secondary N) is 1. The van der Waals surface area contributed by atoms with Gasteiger partial charge in [0.2, 0.25) is 0 Å². The van der Waals surface area contributed by atoms with Gasteiger partial charge in [-0.25, -0.2) is 14.4 Å². The second-order valence-corrected chi connectivity index (χ2v) is 9.04. The Hall–Kier alpha value is -3.11. The quantitative estimate of drug-likeness (QED) is 0.451. The van der Waals surface area contributed by atoms with Crippen LogP contribution in [0.25, 0.3) is 10.9 Å². The molecule has 0 amide bonds. The normalized spacial score (nSPS) is 21.7. The minimum absolute atomic E-state index is 0.0247. The first kappa shape index (κ1) is 21.0. The highest BCUT2D eigenvalue weighted by Gasteiger charge is 2.35. The summed E-state index contributed by atoms with van der Waals surface area (Å²) < 4.78 is 52.9. The maximum atomic E-state index is 13.6. The predicted molar refractivity (Wildman–Crippen MR) is 135 cm³/mol. The van der Waals surface area contributed by atoms with Gasteiger partial charge in [0.15, 0.2) is 5.78 Å². The van der Waals surface area contributed by atoms with Crippen molar-refractivity contribution < 1.29 is 27.5 Å². The van der Waals surface area contributed by atoms with Crippen LogP contribution >= 0.6 is 11.6 Å².